The standard InChI is InChI=1S/C16H27N3O2/c1-12(2)15-17-14(21-18-15)10-16(20)8-5-9-19(11-16)13-6-3-4-7-13/h12-13,20H,3-11H2,1-2H3. The van der Waals surface area contributed by atoms with E-state index in [1.165, 1.54) is 25.7 Å². The van der Waals surface area contributed by atoms with Gasteiger partial charge in [0, 0.05) is 18.5 Å². The number of aliphatic hydroxyl groups is 1. The normalized spacial score (nSPS) is 28.6. The number of β-amino-alcohol motifs (C(OH)–C–C–N with tert-alkyl or cyclic N) is 1. The van der Waals surface area contributed by atoms with Crippen LogP contribution in [0.4, 0.5) is 0 Å². The van der Waals surface area contributed by atoms with Crippen molar-refractivity contribution in [3.8, 4) is 0 Å². The largest absolute Gasteiger partial charge is 0.388 e. The van der Waals surface area contributed by atoms with Crippen LogP contribution in [0.2, 0.25) is 0 Å². The van der Waals surface area contributed by atoms with Crippen molar-refractivity contribution >= 4 is 0 Å². The number of likely N-dealkylation sites (tertiary alicyclic amines) is 1. The summed E-state index contributed by atoms with van der Waals surface area (Å²) in [6.45, 7) is 5.96. The number of aromatic nitrogens is 2. The Hall–Kier alpha value is -0.940. The van der Waals surface area contributed by atoms with Crippen LogP contribution in [0.1, 0.15) is 70.0 Å². The van der Waals surface area contributed by atoms with Crippen LogP contribution in [0.3, 0.4) is 0 Å². The highest BCUT2D eigenvalue weighted by molar-refractivity contribution is 4.99. The molecule has 0 amide bonds. The first-order valence-electron chi connectivity index (χ1n) is 8.35. The second-order valence-electron chi connectivity index (χ2n) is 7.11. The zero-order chi connectivity index (χ0) is 14.9. The van der Waals surface area contributed by atoms with E-state index in [2.05, 4.69) is 15.0 Å². The summed E-state index contributed by atoms with van der Waals surface area (Å²) in [5.74, 6) is 1.57. The van der Waals surface area contributed by atoms with Crippen LogP contribution >= 0.6 is 0 Å². The van der Waals surface area contributed by atoms with Crippen molar-refractivity contribution in [3.05, 3.63) is 11.7 Å². The van der Waals surface area contributed by atoms with Crippen molar-refractivity contribution in [3.63, 3.8) is 0 Å². The van der Waals surface area contributed by atoms with Crippen molar-refractivity contribution in [2.75, 3.05) is 13.1 Å². The molecule has 1 atom stereocenters. The van der Waals surface area contributed by atoms with Crippen molar-refractivity contribution in [2.24, 2.45) is 0 Å². The lowest BCUT2D eigenvalue weighted by Gasteiger charge is -2.41. The predicted molar refractivity (Wildman–Crippen MR) is 80.1 cm³/mol. The molecule has 1 saturated heterocycles. The maximum absolute atomic E-state index is 10.9. The summed E-state index contributed by atoms with van der Waals surface area (Å²) in [4.78, 5) is 6.90. The molecule has 0 radical (unpaired) electrons. The monoisotopic (exact) mass is 293 g/mol. The van der Waals surface area contributed by atoms with E-state index in [1.807, 2.05) is 13.8 Å². The van der Waals surface area contributed by atoms with Crippen molar-refractivity contribution < 1.29 is 9.63 Å². The topological polar surface area (TPSA) is 62.4 Å². The van der Waals surface area contributed by atoms with Gasteiger partial charge in [0.15, 0.2) is 5.82 Å². The molecular formula is C16H27N3O2. The van der Waals surface area contributed by atoms with Crippen LogP contribution < -0.4 is 0 Å². The highest BCUT2D eigenvalue weighted by Crippen LogP contribution is 2.31. The van der Waals surface area contributed by atoms with E-state index in [9.17, 15) is 5.11 Å². The van der Waals surface area contributed by atoms with Crippen molar-refractivity contribution in [2.45, 2.75) is 76.4 Å². The summed E-state index contributed by atoms with van der Waals surface area (Å²) >= 11 is 0. The minimum absolute atomic E-state index is 0.262. The molecule has 2 heterocycles. The third-order valence-corrected chi connectivity index (χ3v) is 4.91. The lowest BCUT2D eigenvalue weighted by atomic mass is 9.88. The third kappa shape index (κ3) is 3.46. The van der Waals surface area contributed by atoms with E-state index < -0.39 is 5.60 Å². The van der Waals surface area contributed by atoms with Gasteiger partial charge in [-0.25, -0.2) is 0 Å². The van der Waals surface area contributed by atoms with Gasteiger partial charge in [0.05, 0.1) is 12.0 Å². The van der Waals surface area contributed by atoms with Gasteiger partial charge >= 0.3 is 0 Å². The molecule has 1 aromatic heterocycles. The van der Waals surface area contributed by atoms with Gasteiger partial charge in [-0.05, 0) is 32.2 Å². The van der Waals surface area contributed by atoms with Gasteiger partial charge in [-0.1, -0.05) is 31.8 Å². The first-order chi connectivity index (χ1) is 10.1. The first kappa shape index (κ1) is 15.0. The van der Waals surface area contributed by atoms with Gasteiger partial charge in [-0.2, -0.15) is 4.98 Å². The highest BCUT2D eigenvalue weighted by Gasteiger charge is 2.38. The zero-order valence-electron chi connectivity index (χ0n) is 13.2. The van der Waals surface area contributed by atoms with Gasteiger partial charge in [-0.15, -0.1) is 0 Å². The molecule has 118 valence electrons. The van der Waals surface area contributed by atoms with Gasteiger partial charge in [-0.3, -0.25) is 4.90 Å². The summed E-state index contributed by atoms with van der Waals surface area (Å²) in [5.41, 5.74) is -0.707. The minimum Gasteiger partial charge on any atom is -0.388 e. The summed E-state index contributed by atoms with van der Waals surface area (Å²) in [6.07, 6.45) is 7.61. The summed E-state index contributed by atoms with van der Waals surface area (Å²) in [7, 11) is 0. The second kappa shape index (κ2) is 6.05. The van der Waals surface area contributed by atoms with Gasteiger partial charge in [0.25, 0.3) is 0 Å². The van der Waals surface area contributed by atoms with E-state index in [1.54, 1.807) is 0 Å². The fourth-order valence-electron chi connectivity index (χ4n) is 3.73. The van der Waals surface area contributed by atoms with Crippen LogP contribution in [0.5, 0.6) is 0 Å². The first-order valence-corrected chi connectivity index (χ1v) is 8.35. The Morgan fingerprint density at radius 2 is 2.10 bits per heavy atom. The Bertz CT molecular complexity index is 468. The van der Waals surface area contributed by atoms with Crippen molar-refractivity contribution in [1.29, 1.82) is 0 Å². The van der Waals surface area contributed by atoms with E-state index >= 15 is 0 Å². The third-order valence-electron chi connectivity index (χ3n) is 4.91. The van der Waals surface area contributed by atoms with Crippen LogP contribution in [-0.4, -0.2) is 44.9 Å². The Morgan fingerprint density at radius 1 is 1.33 bits per heavy atom. The molecule has 1 aliphatic carbocycles. The molecule has 1 aromatic rings. The lowest BCUT2D eigenvalue weighted by Crippen LogP contribution is -2.52. The molecular weight excluding hydrogens is 266 g/mol. The van der Waals surface area contributed by atoms with E-state index in [0.29, 0.717) is 18.4 Å². The summed E-state index contributed by atoms with van der Waals surface area (Å²) in [5, 5.41) is 14.9. The minimum atomic E-state index is -0.707. The molecule has 5 nitrogen and oxygen atoms in total. The number of hydrogen-bond acceptors (Lipinski definition) is 5. The maximum atomic E-state index is 10.9. The number of piperidine rings is 1. The number of rotatable bonds is 4. The SMILES string of the molecule is CC(C)c1noc(CC2(O)CCCN(C3CCCC3)C2)n1. The van der Waals surface area contributed by atoms with E-state index in [-0.39, 0.29) is 5.92 Å². The average molecular weight is 293 g/mol. The Morgan fingerprint density at radius 3 is 2.76 bits per heavy atom. The molecule has 0 spiro atoms. The van der Waals surface area contributed by atoms with Crippen LogP contribution in [0, 0.1) is 0 Å². The molecule has 2 fully saturated rings. The molecule has 1 saturated carbocycles. The molecule has 3 rings (SSSR count). The maximum Gasteiger partial charge on any atom is 0.229 e. The molecule has 21 heavy (non-hydrogen) atoms. The highest BCUT2D eigenvalue weighted by atomic mass is 16.5. The van der Waals surface area contributed by atoms with E-state index in [0.717, 1.165) is 31.8 Å². The smallest absolute Gasteiger partial charge is 0.229 e. The fourth-order valence-corrected chi connectivity index (χ4v) is 3.73. The molecule has 0 aromatic carbocycles. The lowest BCUT2D eigenvalue weighted by molar-refractivity contribution is -0.0467. The second-order valence-corrected chi connectivity index (χ2v) is 7.11. The molecule has 1 N–H and O–H groups in total. The molecule has 0 bridgehead atoms. The predicted octanol–water partition coefficient (Wildman–Crippen LogP) is 2.51. The summed E-state index contributed by atoms with van der Waals surface area (Å²) in [6, 6.07) is 0.672. The van der Waals surface area contributed by atoms with Crippen molar-refractivity contribution in [1.82, 2.24) is 15.0 Å². The molecule has 5 heteroatoms. The Balaban J connectivity index is 1.64. The van der Waals surface area contributed by atoms with Gasteiger partial charge in [0.2, 0.25) is 5.89 Å². The number of hydrogen-bond donors (Lipinski definition) is 1. The van der Waals surface area contributed by atoms with Gasteiger partial charge < -0.3 is 9.63 Å². The van der Waals surface area contributed by atoms with Crippen LogP contribution in [0.15, 0.2) is 4.52 Å². The zero-order valence-corrected chi connectivity index (χ0v) is 13.2. The quantitative estimate of drug-likeness (QED) is 0.924. The summed E-state index contributed by atoms with van der Waals surface area (Å²) < 4.78 is 5.31. The Labute approximate surface area is 126 Å². The fraction of sp³-hybridized carbons (Fsp3) is 0.875. The number of nitrogens with zero attached hydrogens (tertiary/aromatic N) is 3. The van der Waals surface area contributed by atoms with Crippen LogP contribution in [0.25, 0.3) is 0 Å². The molecule has 2 aliphatic rings. The Kier molecular flexibility index (Phi) is 4.31. The molecule has 1 aliphatic heterocycles. The molecule has 1 unspecified atom stereocenters. The van der Waals surface area contributed by atoms with Crippen LogP contribution in [-0.2, 0) is 6.42 Å². The van der Waals surface area contributed by atoms with Gasteiger partial charge in [0.1, 0.15) is 0 Å². The van der Waals surface area contributed by atoms with E-state index in [4.69, 9.17) is 4.52 Å². The average Bonchev–Trinajstić information content (AvgIpc) is 3.08.